The molecule has 2 rings (SSSR count). The van der Waals surface area contributed by atoms with Crippen molar-refractivity contribution in [3.8, 4) is 0 Å². The molecule has 0 aliphatic heterocycles. The lowest BCUT2D eigenvalue weighted by Gasteiger charge is -2.34. The van der Waals surface area contributed by atoms with Crippen LogP contribution in [0.15, 0.2) is 18.7 Å². The van der Waals surface area contributed by atoms with E-state index in [1.807, 2.05) is 0 Å². The standard InChI is InChI=1S/C12H18N4O/c1-12(5-3-2-4-6-12)16-15-11(17)10-7-13-9-14-8-10/h7-9,16H,2-6H2,1H3,(H,15,17). The smallest absolute Gasteiger partial charge is 0.268 e. The van der Waals surface area contributed by atoms with Gasteiger partial charge in [0, 0.05) is 17.9 Å². The van der Waals surface area contributed by atoms with Crippen LogP contribution in [0.25, 0.3) is 0 Å². The number of carbonyl (C=O) groups is 1. The predicted octanol–water partition coefficient (Wildman–Crippen LogP) is 1.43. The van der Waals surface area contributed by atoms with Gasteiger partial charge in [-0.15, -0.1) is 0 Å². The SMILES string of the molecule is CC1(NNC(=O)c2cncnc2)CCCCC1. The molecule has 1 aromatic heterocycles. The second-order valence-electron chi connectivity index (χ2n) is 4.83. The van der Waals surface area contributed by atoms with E-state index < -0.39 is 0 Å². The normalized spacial score (nSPS) is 18.6. The molecular formula is C12H18N4O. The molecule has 0 spiro atoms. The number of hydrogen-bond acceptors (Lipinski definition) is 4. The average Bonchev–Trinajstić information content (AvgIpc) is 2.38. The summed E-state index contributed by atoms with van der Waals surface area (Å²) < 4.78 is 0. The van der Waals surface area contributed by atoms with E-state index in [0.29, 0.717) is 5.56 Å². The zero-order valence-electron chi connectivity index (χ0n) is 10.1. The van der Waals surface area contributed by atoms with Crippen LogP contribution in [0.3, 0.4) is 0 Å². The molecule has 1 aromatic rings. The van der Waals surface area contributed by atoms with E-state index in [-0.39, 0.29) is 11.4 Å². The molecule has 17 heavy (non-hydrogen) atoms. The third-order valence-electron chi connectivity index (χ3n) is 3.26. The Balaban J connectivity index is 1.87. The Bertz CT molecular complexity index is 373. The van der Waals surface area contributed by atoms with Crippen molar-refractivity contribution >= 4 is 5.91 Å². The summed E-state index contributed by atoms with van der Waals surface area (Å²) in [7, 11) is 0. The third kappa shape index (κ3) is 3.23. The van der Waals surface area contributed by atoms with Gasteiger partial charge in [0.05, 0.1) is 5.56 Å². The molecule has 0 unspecified atom stereocenters. The molecule has 0 radical (unpaired) electrons. The maximum absolute atomic E-state index is 11.8. The Morgan fingerprint density at radius 3 is 2.53 bits per heavy atom. The minimum absolute atomic E-state index is 0.0174. The van der Waals surface area contributed by atoms with Crippen LogP contribution in [0.5, 0.6) is 0 Å². The zero-order valence-corrected chi connectivity index (χ0v) is 10.1. The van der Waals surface area contributed by atoms with Gasteiger partial charge in [0.1, 0.15) is 6.33 Å². The van der Waals surface area contributed by atoms with Gasteiger partial charge in [0.25, 0.3) is 5.91 Å². The summed E-state index contributed by atoms with van der Waals surface area (Å²) >= 11 is 0. The van der Waals surface area contributed by atoms with E-state index in [2.05, 4.69) is 27.7 Å². The number of hydrazine groups is 1. The number of carbonyl (C=O) groups excluding carboxylic acids is 1. The minimum Gasteiger partial charge on any atom is -0.287 e. The molecule has 1 saturated carbocycles. The first-order valence-corrected chi connectivity index (χ1v) is 6.02. The molecular weight excluding hydrogens is 216 g/mol. The lowest BCUT2D eigenvalue weighted by molar-refractivity contribution is 0.0891. The summed E-state index contributed by atoms with van der Waals surface area (Å²) in [5, 5.41) is 0. The Kier molecular flexibility index (Phi) is 3.68. The molecule has 5 nitrogen and oxygen atoms in total. The second kappa shape index (κ2) is 5.23. The monoisotopic (exact) mass is 234 g/mol. The second-order valence-corrected chi connectivity index (χ2v) is 4.83. The molecule has 0 aromatic carbocycles. The Morgan fingerprint density at radius 1 is 1.24 bits per heavy atom. The average molecular weight is 234 g/mol. The lowest BCUT2D eigenvalue weighted by Crippen LogP contribution is -2.53. The van der Waals surface area contributed by atoms with E-state index in [1.54, 1.807) is 0 Å². The third-order valence-corrected chi connectivity index (χ3v) is 3.26. The Morgan fingerprint density at radius 2 is 1.88 bits per heavy atom. The van der Waals surface area contributed by atoms with Crippen LogP contribution < -0.4 is 10.9 Å². The highest BCUT2D eigenvalue weighted by molar-refractivity contribution is 5.93. The molecule has 1 fully saturated rings. The summed E-state index contributed by atoms with van der Waals surface area (Å²) in [6.45, 7) is 2.15. The number of amides is 1. The highest BCUT2D eigenvalue weighted by atomic mass is 16.2. The topological polar surface area (TPSA) is 66.9 Å². The van der Waals surface area contributed by atoms with Gasteiger partial charge in [-0.2, -0.15) is 0 Å². The molecule has 92 valence electrons. The van der Waals surface area contributed by atoms with Gasteiger partial charge < -0.3 is 0 Å². The Labute approximate surface area is 101 Å². The van der Waals surface area contributed by atoms with Crippen molar-refractivity contribution in [3.05, 3.63) is 24.3 Å². The fraction of sp³-hybridized carbons (Fsp3) is 0.583. The van der Waals surface area contributed by atoms with Crippen LogP contribution in [0.4, 0.5) is 0 Å². The number of rotatable bonds is 3. The quantitative estimate of drug-likeness (QED) is 0.776. The van der Waals surface area contributed by atoms with E-state index in [1.165, 1.54) is 38.0 Å². The van der Waals surface area contributed by atoms with Gasteiger partial charge in [0.2, 0.25) is 0 Å². The summed E-state index contributed by atoms with van der Waals surface area (Å²) in [5.74, 6) is -0.183. The van der Waals surface area contributed by atoms with Crippen LogP contribution in [-0.2, 0) is 0 Å². The molecule has 5 heteroatoms. The highest BCUT2D eigenvalue weighted by Gasteiger charge is 2.26. The van der Waals surface area contributed by atoms with Gasteiger partial charge in [0.15, 0.2) is 0 Å². The van der Waals surface area contributed by atoms with Crippen molar-refractivity contribution in [1.82, 2.24) is 20.8 Å². The summed E-state index contributed by atoms with van der Waals surface area (Å²) in [5.41, 5.74) is 6.37. The van der Waals surface area contributed by atoms with Gasteiger partial charge in [-0.05, 0) is 19.8 Å². The lowest BCUT2D eigenvalue weighted by atomic mass is 9.84. The van der Waals surface area contributed by atoms with Gasteiger partial charge in [-0.25, -0.2) is 15.4 Å². The van der Waals surface area contributed by atoms with E-state index in [4.69, 9.17) is 0 Å². The summed E-state index contributed by atoms with van der Waals surface area (Å²) in [6, 6.07) is 0. The number of hydrogen-bond donors (Lipinski definition) is 2. The first kappa shape index (κ1) is 12.0. The number of nitrogens with one attached hydrogen (secondary N) is 2. The van der Waals surface area contributed by atoms with Crippen LogP contribution in [0, 0.1) is 0 Å². The van der Waals surface area contributed by atoms with Gasteiger partial charge in [-0.1, -0.05) is 19.3 Å². The van der Waals surface area contributed by atoms with Crippen molar-refractivity contribution in [2.24, 2.45) is 0 Å². The van der Waals surface area contributed by atoms with Gasteiger partial charge in [-0.3, -0.25) is 10.2 Å². The fourth-order valence-electron chi connectivity index (χ4n) is 2.15. The van der Waals surface area contributed by atoms with Crippen molar-refractivity contribution < 1.29 is 4.79 Å². The van der Waals surface area contributed by atoms with Crippen molar-refractivity contribution in [2.75, 3.05) is 0 Å². The van der Waals surface area contributed by atoms with Crippen LogP contribution in [0.2, 0.25) is 0 Å². The number of aromatic nitrogens is 2. The maximum Gasteiger partial charge on any atom is 0.268 e. The van der Waals surface area contributed by atoms with Crippen LogP contribution >= 0.6 is 0 Å². The molecule has 0 atom stereocenters. The number of nitrogens with zero attached hydrogens (tertiary/aromatic N) is 2. The first-order valence-electron chi connectivity index (χ1n) is 6.02. The molecule has 1 amide bonds. The molecule has 0 saturated heterocycles. The maximum atomic E-state index is 11.8. The molecule has 1 aliphatic carbocycles. The zero-order chi connectivity index (χ0) is 12.1. The molecule has 0 bridgehead atoms. The van der Waals surface area contributed by atoms with Crippen molar-refractivity contribution in [3.63, 3.8) is 0 Å². The van der Waals surface area contributed by atoms with E-state index >= 15 is 0 Å². The van der Waals surface area contributed by atoms with Crippen LogP contribution in [0.1, 0.15) is 49.4 Å². The predicted molar refractivity (Wildman–Crippen MR) is 64.1 cm³/mol. The molecule has 1 heterocycles. The molecule has 2 N–H and O–H groups in total. The molecule has 1 aliphatic rings. The van der Waals surface area contributed by atoms with Gasteiger partial charge >= 0.3 is 0 Å². The first-order chi connectivity index (χ1) is 8.20. The fourth-order valence-corrected chi connectivity index (χ4v) is 2.15. The van der Waals surface area contributed by atoms with Crippen molar-refractivity contribution in [1.29, 1.82) is 0 Å². The van der Waals surface area contributed by atoms with E-state index in [0.717, 1.165) is 12.8 Å². The highest BCUT2D eigenvalue weighted by Crippen LogP contribution is 2.26. The Hall–Kier alpha value is -1.49. The summed E-state index contributed by atoms with van der Waals surface area (Å²) in [6.07, 6.45) is 10.3. The van der Waals surface area contributed by atoms with Crippen molar-refractivity contribution in [2.45, 2.75) is 44.6 Å². The summed E-state index contributed by atoms with van der Waals surface area (Å²) in [4.78, 5) is 19.4. The largest absolute Gasteiger partial charge is 0.287 e. The minimum atomic E-state index is -0.183. The van der Waals surface area contributed by atoms with E-state index in [9.17, 15) is 4.79 Å². The van der Waals surface area contributed by atoms with Crippen LogP contribution in [-0.4, -0.2) is 21.4 Å².